The molecule has 0 saturated heterocycles. The van der Waals surface area contributed by atoms with Gasteiger partial charge in [-0.2, -0.15) is 0 Å². The van der Waals surface area contributed by atoms with Crippen LogP contribution in [0.5, 0.6) is 0 Å². The van der Waals surface area contributed by atoms with E-state index in [1.165, 1.54) is 10.5 Å². The number of hydrogen-bond donors (Lipinski definition) is 1. The molecule has 4 heterocycles. The van der Waals surface area contributed by atoms with Crippen LogP contribution < -0.4 is 11.0 Å². The van der Waals surface area contributed by atoms with Crippen LogP contribution in [0.25, 0.3) is 16.7 Å². The van der Waals surface area contributed by atoms with Crippen molar-refractivity contribution in [2.24, 2.45) is 0 Å². The lowest BCUT2D eigenvalue weighted by molar-refractivity contribution is 0.0523. The second-order valence-corrected chi connectivity index (χ2v) is 6.61. The van der Waals surface area contributed by atoms with E-state index in [0.29, 0.717) is 11.3 Å². The Hall–Kier alpha value is -3.81. The summed E-state index contributed by atoms with van der Waals surface area (Å²) in [7, 11) is 0. The number of nitrogens with zero attached hydrogens (tertiary/aromatic N) is 4. The molecule has 4 rings (SSSR count). The lowest BCUT2D eigenvalue weighted by Gasteiger charge is -2.15. The van der Waals surface area contributed by atoms with Crippen LogP contribution in [0.3, 0.4) is 0 Å². The molecule has 146 valence electrons. The van der Waals surface area contributed by atoms with Gasteiger partial charge >= 0.3 is 5.97 Å². The maximum atomic E-state index is 13.2. The average molecular weight is 389 g/mol. The Morgan fingerprint density at radius 3 is 2.79 bits per heavy atom. The molecule has 0 aliphatic carbocycles. The molecule has 8 heteroatoms. The Balaban J connectivity index is 2.11. The predicted molar refractivity (Wildman–Crippen MR) is 107 cm³/mol. The Kier molecular flexibility index (Phi) is 4.67. The van der Waals surface area contributed by atoms with E-state index >= 15 is 0 Å². The largest absolute Gasteiger partial charge is 0.462 e. The molecule has 0 bridgehead atoms. The zero-order chi connectivity index (χ0) is 20.5. The van der Waals surface area contributed by atoms with Gasteiger partial charge in [0.1, 0.15) is 22.3 Å². The Bertz CT molecular complexity index is 1360. The molecule has 1 N–H and O–H groups in total. The van der Waals surface area contributed by atoms with E-state index in [0.717, 1.165) is 11.1 Å². The molecule has 0 aliphatic heterocycles. The summed E-state index contributed by atoms with van der Waals surface area (Å²) in [4.78, 5) is 34.4. The van der Waals surface area contributed by atoms with Gasteiger partial charge in [0.25, 0.3) is 5.56 Å². The van der Waals surface area contributed by atoms with Crippen LogP contribution in [0, 0.1) is 12.3 Å². The average Bonchev–Trinajstić information content (AvgIpc) is 2.72. The van der Waals surface area contributed by atoms with Crippen molar-refractivity contribution < 1.29 is 9.53 Å². The summed E-state index contributed by atoms with van der Waals surface area (Å²) in [5, 5.41) is 8.86. The third kappa shape index (κ3) is 3.18. The highest BCUT2D eigenvalue weighted by atomic mass is 16.5. The third-order valence-electron chi connectivity index (χ3n) is 4.69. The molecular weight excluding hydrogens is 370 g/mol. The van der Waals surface area contributed by atoms with Gasteiger partial charge in [-0.3, -0.25) is 19.6 Å². The highest BCUT2D eigenvalue weighted by Gasteiger charge is 2.19. The number of aryl methyl sites for hydroxylation is 1. The number of pyridine rings is 3. The molecule has 8 nitrogen and oxygen atoms in total. The number of nitrogens with one attached hydrogen (secondary N) is 1. The van der Waals surface area contributed by atoms with E-state index in [1.54, 1.807) is 42.2 Å². The van der Waals surface area contributed by atoms with Gasteiger partial charge < -0.3 is 9.30 Å². The summed E-state index contributed by atoms with van der Waals surface area (Å²) in [6.45, 7) is 3.98. The van der Waals surface area contributed by atoms with Gasteiger partial charge in [0.05, 0.1) is 18.5 Å². The quantitative estimate of drug-likeness (QED) is 0.425. The van der Waals surface area contributed by atoms with Crippen LogP contribution in [0.15, 0.2) is 53.7 Å². The monoisotopic (exact) mass is 389 g/mol. The maximum Gasteiger partial charge on any atom is 0.341 e. The smallest absolute Gasteiger partial charge is 0.341 e. The third-order valence-corrected chi connectivity index (χ3v) is 4.69. The first-order chi connectivity index (χ1) is 14.0. The molecule has 0 unspecified atom stereocenters. The van der Waals surface area contributed by atoms with Crippen LogP contribution in [0.2, 0.25) is 0 Å². The van der Waals surface area contributed by atoms with Gasteiger partial charge in [-0.25, -0.2) is 9.78 Å². The van der Waals surface area contributed by atoms with E-state index in [1.807, 2.05) is 19.1 Å². The second-order valence-electron chi connectivity index (χ2n) is 6.61. The first kappa shape index (κ1) is 18.5. The Morgan fingerprint density at radius 2 is 2.07 bits per heavy atom. The highest BCUT2D eigenvalue weighted by Crippen LogP contribution is 2.14. The Morgan fingerprint density at radius 1 is 1.24 bits per heavy atom. The van der Waals surface area contributed by atoms with Gasteiger partial charge in [0, 0.05) is 18.6 Å². The first-order valence-corrected chi connectivity index (χ1v) is 9.17. The number of ether oxygens (including phenoxy) is 1. The molecule has 0 aliphatic rings. The molecule has 0 aromatic carbocycles. The molecule has 0 fully saturated rings. The normalized spacial score (nSPS) is 11.1. The molecule has 4 aromatic rings. The summed E-state index contributed by atoms with van der Waals surface area (Å²) in [6.07, 6.45) is 4.97. The number of carbonyl (C=O) groups excluding carboxylic acids is 1. The number of fused-ring (bicyclic) bond motifs is 2. The molecule has 0 spiro atoms. The number of aromatic nitrogens is 4. The summed E-state index contributed by atoms with van der Waals surface area (Å²) in [5.74, 6) is -0.645. The van der Waals surface area contributed by atoms with Crippen molar-refractivity contribution in [3.05, 3.63) is 81.5 Å². The molecule has 29 heavy (non-hydrogen) atoms. The maximum absolute atomic E-state index is 13.2. The zero-order valence-electron chi connectivity index (χ0n) is 16.0. The van der Waals surface area contributed by atoms with Crippen molar-refractivity contribution in [2.75, 3.05) is 6.61 Å². The van der Waals surface area contributed by atoms with Gasteiger partial charge in [0.15, 0.2) is 0 Å². The fourth-order valence-electron chi connectivity index (χ4n) is 3.29. The standard InChI is InChI=1S/C21H19N5O3/c1-3-29-21(28)15-10-16-19(24-18-13(2)6-5-9-25(18)20(16)27)26(17(15)22)12-14-7-4-8-23-11-14/h4-11,22H,3,12H2,1-2H3. The minimum Gasteiger partial charge on any atom is -0.462 e. The van der Waals surface area contributed by atoms with Gasteiger partial charge in [-0.05, 0) is 43.2 Å². The summed E-state index contributed by atoms with van der Waals surface area (Å²) >= 11 is 0. The lowest BCUT2D eigenvalue weighted by atomic mass is 10.2. The van der Waals surface area contributed by atoms with E-state index < -0.39 is 5.97 Å². The number of carbonyl (C=O) groups is 1. The van der Waals surface area contributed by atoms with Crippen molar-refractivity contribution in [1.82, 2.24) is 18.9 Å². The van der Waals surface area contributed by atoms with Gasteiger partial charge in [0.2, 0.25) is 0 Å². The first-order valence-electron chi connectivity index (χ1n) is 9.17. The molecular formula is C21H19N5O3. The molecule has 4 aromatic heterocycles. The van der Waals surface area contributed by atoms with Crippen LogP contribution >= 0.6 is 0 Å². The summed E-state index contributed by atoms with van der Waals surface area (Å²) in [5.41, 5.74) is 2.15. The molecule has 0 amide bonds. The van der Waals surface area contributed by atoms with Crippen molar-refractivity contribution in [3.8, 4) is 0 Å². The summed E-state index contributed by atoms with van der Waals surface area (Å²) in [6, 6.07) is 8.69. The summed E-state index contributed by atoms with van der Waals surface area (Å²) < 4.78 is 8.09. The van der Waals surface area contributed by atoms with E-state index in [2.05, 4.69) is 9.97 Å². The van der Waals surface area contributed by atoms with Crippen molar-refractivity contribution in [1.29, 1.82) is 5.41 Å². The Labute approximate surface area is 165 Å². The van der Waals surface area contributed by atoms with Crippen molar-refractivity contribution in [2.45, 2.75) is 20.4 Å². The minimum atomic E-state index is -0.645. The van der Waals surface area contributed by atoms with Crippen molar-refractivity contribution >= 4 is 22.6 Å². The van der Waals surface area contributed by atoms with Gasteiger partial charge in [-0.15, -0.1) is 0 Å². The van der Waals surface area contributed by atoms with Gasteiger partial charge in [-0.1, -0.05) is 12.1 Å². The molecule has 0 radical (unpaired) electrons. The van der Waals surface area contributed by atoms with E-state index in [-0.39, 0.29) is 35.1 Å². The van der Waals surface area contributed by atoms with Crippen LogP contribution in [-0.2, 0) is 11.3 Å². The zero-order valence-corrected chi connectivity index (χ0v) is 16.0. The minimum absolute atomic E-state index is 0.0229. The number of esters is 1. The van der Waals surface area contributed by atoms with Crippen molar-refractivity contribution in [3.63, 3.8) is 0 Å². The van der Waals surface area contributed by atoms with Crippen LogP contribution in [0.4, 0.5) is 0 Å². The topological polar surface area (TPSA) is 102 Å². The fourth-order valence-corrected chi connectivity index (χ4v) is 3.29. The highest BCUT2D eigenvalue weighted by molar-refractivity contribution is 5.93. The van der Waals surface area contributed by atoms with Crippen LogP contribution in [-0.4, -0.2) is 31.5 Å². The molecule has 0 saturated carbocycles. The SMILES string of the molecule is CCOC(=O)c1cc2c(=O)n3cccc(C)c3nc2n(Cc2cccnc2)c1=N. The fraction of sp³-hybridized carbons (Fsp3) is 0.190. The second kappa shape index (κ2) is 7.31. The molecule has 0 atom stereocenters. The lowest BCUT2D eigenvalue weighted by Crippen LogP contribution is -2.31. The number of rotatable bonds is 4. The predicted octanol–water partition coefficient (Wildman–Crippen LogP) is 2.06. The van der Waals surface area contributed by atoms with E-state index in [9.17, 15) is 9.59 Å². The van der Waals surface area contributed by atoms with E-state index in [4.69, 9.17) is 10.1 Å². The number of hydrogen-bond acceptors (Lipinski definition) is 6. The van der Waals surface area contributed by atoms with Crippen LogP contribution in [0.1, 0.15) is 28.4 Å².